The molecule has 0 amide bonds. The van der Waals surface area contributed by atoms with Crippen LogP contribution in [0.1, 0.15) is 11.3 Å². The van der Waals surface area contributed by atoms with E-state index in [1.807, 2.05) is 6.92 Å². The van der Waals surface area contributed by atoms with E-state index in [9.17, 15) is 8.42 Å². The summed E-state index contributed by atoms with van der Waals surface area (Å²) in [6.45, 7) is 1.99. The number of H-pyrrole nitrogens is 1. The predicted molar refractivity (Wildman–Crippen MR) is 68.9 cm³/mol. The molecule has 19 heavy (non-hydrogen) atoms. The Bertz CT molecular complexity index is 649. The normalized spacial score (nSPS) is 11.5. The predicted octanol–water partition coefficient (Wildman–Crippen LogP) is 0.0283. The minimum atomic E-state index is -3.62. The quantitative estimate of drug-likeness (QED) is 0.713. The van der Waals surface area contributed by atoms with Gasteiger partial charge in [-0.2, -0.15) is 5.10 Å². The van der Waals surface area contributed by atoms with E-state index in [2.05, 4.69) is 30.2 Å². The molecular formula is C10H14N6O2S. The summed E-state index contributed by atoms with van der Waals surface area (Å²) < 4.78 is 26.5. The maximum Gasteiger partial charge on any atom is 0.243 e. The number of aryl methyl sites for hydroxylation is 1. The van der Waals surface area contributed by atoms with E-state index in [-0.39, 0.29) is 11.4 Å². The molecule has 0 aromatic carbocycles. The molecule has 2 rings (SSSR count). The zero-order valence-electron chi connectivity index (χ0n) is 10.5. The molecule has 0 aliphatic carbocycles. The molecule has 2 heterocycles. The zero-order chi connectivity index (χ0) is 13.9. The number of aromatic nitrogens is 4. The van der Waals surface area contributed by atoms with Gasteiger partial charge in [0.25, 0.3) is 0 Å². The highest BCUT2D eigenvalue weighted by Gasteiger charge is 2.15. The lowest BCUT2D eigenvalue weighted by Gasteiger charge is -2.06. The third-order valence-electron chi connectivity index (χ3n) is 2.55. The van der Waals surface area contributed by atoms with Crippen molar-refractivity contribution >= 4 is 16.0 Å². The van der Waals surface area contributed by atoms with E-state index in [1.54, 1.807) is 13.2 Å². The lowest BCUT2D eigenvalue weighted by atomic mass is 10.3. The highest BCUT2D eigenvalue weighted by atomic mass is 32.2. The van der Waals surface area contributed by atoms with E-state index >= 15 is 0 Å². The number of nitrogens with zero attached hydrogens (tertiary/aromatic N) is 3. The molecule has 0 bridgehead atoms. The van der Waals surface area contributed by atoms with Gasteiger partial charge in [0.1, 0.15) is 4.90 Å². The standard InChI is InChI=1S/C10H14N6O2S/c1-7-8(3-14-16-7)4-15-19(17,18)9-5-12-10(11-2)13-6-9/h3,5-6,15H,4H2,1-2H3,(H,14,16)(H,11,12,13). The van der Waals surface area contributed by atoms with Crippen LogP contribution in [0.2, 0.25) is 0 Å². The molecule has 2 aromatic heterocycles. The van der Waals surface area contributed by atoms with Gasteiger partial charge in [-0.05, 0) is 6.92 Å². The Labute approximate surface area is 110 Å². The van der Waals surface area contributed by atoms with Gasteiger partial charge >= 0.3 is 0 Å². The number of nitrogens with one attached hydrogen (secondary N) is 3. The molecule has 0 atom stereocenters. The number of anilines is 1. The first-order chi connectivity index (χ1) is 9.03. The Morgan fingerprint density at radius 1 is 1.26 bits per heavy atom. The van der Waals surface area contributed by atoms with Gasteiger partial charge in [0.2, 0.25) is 16.0 Å². The summed E-state index contributed by atoms with van der Waals surface area (Å²) in [5.74, 6) is 0.365. The summed E-state index contributed by atoms with van der Waals surface area (Å²) in [7, 11) is -1.97. The average molecular weight is 282 g/mol. The topological polar surface area (TPSA) is 113 Å². The van der Waals surface area contributed by atoms with Crippen molar-refractivity contribution in [2.45, 2.75) is 18.4 Å². The highest BCUT2D eigenvalue weighted by Crippen LogP contribution is 2.09. The lowest BCUT2D eigenvalue weighted by molar-refractivity contribution is 0.580. The van der Waals surface area contributed by atoms with Gasteiger partial charge in [-0.3, -0.25) is 5.10 Å². The largest absolute Gasteiger partial charge is 0.357 e. The third-order valence-corrected chi connectivity index (χ3v) is 3.90. The molecule has 8 nitrogen and oxygen atoms in total. The van der Waals surface area contributed by atoms with Crippen molar-refractivity contribution in [2.75, 3.05) is 12.4 Å². The molecule has 0 aliphatic rings. The molecule has 3 N–H and O–H groups in total. The van der Waals surface area contributed by atoms with Crippen molar-refractivity contribution in [2.24, 2.45) is 0 Å². The van der Waals surface area contributed by atoms with Gasteiger partial charge in [-0.1, -0.05) is 0 Å². The summed E-state index contributed by atoms with van der Waals surface area (Å²) in [4.78, 5) is 7.75. The number of aromatic amines is 1. The first-order valence-corrected chi connectivity index (χ1v) is 6.99. The molecular weight excluding hydrogens is 268 g/mol. The molecule has 0 spiro atoms. The average Bonchev–Trinajstić information content (AvgIpc) is 2.82. The monoisotopic (exact) mass is 282 g/mol. The zero-order valence-corrected chi connectivity index (χ0v) is 11.3. The van der Waals surface area contributed by atoms with E-state index in [4.69, 9.17) is 0 Å². The fourth-order valence-electron chi connectivity index (χ4n) is 1.39. The van der Waals surface area contributed by atoms with Crippen LogP contribution in [0.15, 0.2) is 23.5 Å². The van der Waals surface area contributed by atoms with Crippen molar-refractivity contribution < 1.29 is 8.42 Å². The summed E-state index contributed by atoms with van der Waals surface area (Å²) in [6.07, 6.45) is 4.09. The second kappa shape index (κ2) is 5.33. The highest BCUT2D eigenvalue weighted by molar-refractivity contribution is 7.89. The van der Waals surface area contributed by atoms with Gasteiger partial charge in [-0.15, -0.1) is 0 Å². The molecule has 9 heteroatoms. The van der Waals surface area contributed by atoms with Gasteiger partial charge < -0.3 is 5.32 Å². The van der Waals surface area contributed by atoms with Gasteiger partial charge in [0.05, 0.1) is 18.6 Å². The second-order valence-electron chi connectivity index (χ2n) is 3.84. The summed E-state index contributed by atoms with van der Waals surface area (Å²) in [5, 5.41) is 9.28. The maximum absolute atomic E-state index is 12.0. The van der Waals surface area contributed by atoms with Crippen LogP contribution in [0.3, 0.4) is 0 Å². The third kappa shape index (κ3) is 3.06. The van der Waals surface area contributed by atoms with Crippen LogP contribution >= 0.6 is 0 Å². The minimum Gasteiger partial charge on any atom is -0.357 e. The van der Waals surface area contributed by atoms with Crippen molar-refractivity contribution in [3.05, 3.63) is 29.8 Å². The van der Waals surface area contributed by atoms with Crippen LogP contribution < -0.4 is 10.0 Å². The fourth-order valence-corrected chi connectivity index (χ4v) is 2.29. The minimum absolute atomic E-state index is 0.0210. The number of rotatable bonds is 5. The molecule has 2 aromatic rings. The Hall–Kier alpha value is -2.00. The summed E-state index contributed by atoms with van der Waals surface area (Å²) in [5.41, 5.74) is 1.61. The van der Waals surface area contributed by atoms with Crippen LogP contribution in [0.5, 0.6) is 0 Å². The molecule has 102 valence electrons. The Morgan fingerprint density at radius 2 is 1.95 bits per heavy atom. The Balaban J connectivity index is 2.11. The molecule has 0 aliphatic heterocycles. The smallest absolute Gasteiger partial charge is 0.243 e. The van der Waals surface area contributed by atoms with Crippen molar-refractivity contribution in [3.8, 4) is 0 Å². The van der Waals surface area contributed by atoms with Crippen molar-refractivity contribution in [3.63, 3.8) is 0 Å². The second-order valence-corrected chi connectivity index (χ2v) is 5.60. The van der Waals surface area contributed by atoms with Crippen LogP contribution in [0, 0.1) is 6.92 Å². The van der Waals surface area contributed by atoms with Gasteiger partial charge in [0, 0.05) is 24.8 Å². The van der Waals surface area contributed by atoms with Crippen LogP contribution in [0.4, 0.5) is 5.95 Å². The molecule has 0 saturated heterocycles. The van der Waals surface area contributed by atoms with E-state index in [0.29, 0.717) is 5.95 Å². The SMILES string of the molecule is CNc1ncc(S(=O)(=O)NCc2cn[nH]c2C)cn1. The van der Waals surface area contributed by atoms with Crippen LogP contribution in [-0.4, -0.2) is 35.6 Å². The molecule has 0 unspecified atom stereocenters. The Morgan fingerprint density at radius 3 is 2.47 bits per heavy atom. The van der Waals surface area contributed by atoms with Crippen LogP contribution in [0.25, 0.3) is 0 Å². The number of hydrogen-bond acceptors (Lipinski definition) is 6. The van der Waals surface area contributed by atoms with Crippen LogP contribution in [-0.2, 0) is 16.6 Å². The summed E-state index contributed by atoms with van der Waals surface area (Å²) >= 11 is 0. The van der Waals surface area contributed by atoms with Crippen molar-refractivity contribution in [1.29, 1.82) is 0 Å². The van der Waals surface area contributed by atoms with E-state index < -0.39 is 10.0 Å². The Kier molecular flexibility index (Phi) is 3.76. The van der Waals surface area contributed by atoms with Gasteiger partial charge in [-0.25, -0.2) is 23.1 Å². The van der Waals surface area contributed by atoms with E-state index in [1.165, 1.54) is 12.4 Å². The maximum atomic E-state index is 12.0. The summed E-state index contributed by atoms with van der Waals surface area (Å²) in [6, 6.07) is 0. The molecule has 0 fully saturated rings. The first-order valence-electron chi connectivity index (χ1n) is 5.51. The van der Waals surface area contributed by atoms with Crippen molar-refractivity contribution in [1.82, 2.24) is 24.9 Å². The van der Waals surface area contributed by atoms with E-state index in [0.717, 1.165) is 11.3 Å². The number of hydrogen-bond donors (Lipinski definition) is 3. The lowest BCUT2D eigenvalue weighted by Crippen LogP contribution is -2.23. The first kappa shape index (κ1) is 13.4. The fraction of sp³-hybridized carbons (Fsp3) is 0.300. The molecule has 0 radical (unpaired) electrons. The molecule has 0 saturated carbocycles. The number of sulfonamides is 1. The van der Waals surface area contributed by atoms with Gasteiger partial charge in [0.15, 0.2) is 0 Å².